The topological polar surface area (TPSA) is 122 Å². The molecule has 0 radical (unpaired) electrons. The summed E-state index contributed by atoms with van der Waals surface area (Å²) >= 11 is 0. The maximum Gasteiger partial charge on any atom is 0.237 e. The molecule has 0 aliphatic rings. The summed E-state index contributed by atoms with van der Waals surface area (Å²) in [7, 11) is 0. The van der Waals surface area contributed by atoms with Crippen LogP contribution in [0.5, 0.6) is 0 Å². The number of rotatable bonds is 5. The number of hydrogen-bond donors (Lipinski definition) is 2. The van der Waals surface area contributed by atoms with Crippen LogP contribution in [-0.2, 0) is 11.3 Å². The summed E-state index contributed by atoms with van der Waals surface area (Å²) in [5.41, 5.74) is 12.6. The molecule has 4 N–H and O–H groups in total. The van der Waals surface area contributed by atoms with Gasteiger partial charge in [-0.2, -0.15) is 5.26 Å². The summed E-state index contributed by atoms with van der Waals surface area (Å²) in [5, 5.41) is 9.09. The second kappa shape index (κ2) is 6.34. The molecule has 0 bridgehead atoms. The molecule has 106 valence electrons. The van der Waals surface area contributed by atoms with E-state index >= 15 is 0 Å². The van der Waals surface area contributed by atoms with E-state index in [0.717, 1.165) is 5.56 Å². The third-order valence-corrected chi connectivity index (χ3v) is 2.78. The van der Waals surface area contributed by atoms with Crippen LogP contribution < -0.4 is 16.4 Å². The third kappa shape index (κ3) is 3.67. The Morgan fingerprint density at radius 2 is 1.90 bits per heavy atom. The Balaban J connectivity index is 2.32. The number of carbonyl (C=O) groups excluding carboxylic acids is 1. The summed E-state index contributed by atoms with van der Waals surface area (Å²) in [4.78, 5) is 20.9. The van der Waals surface area contributed by atoms with Gasteiger partial charge in [-0.1, -0.05) is 12.1 Å². The molecule has 21 heavy (non-hydrogen) atoms. The highest BCUT2D eigenvalue weighted by atomic mass is 16.1. The van der Waals surface area contributed by atoms with Gasteiger partial charge in [0, 0.05) is 24.6 Å². The van der Waals surface area contributed by atoms with Crippen molar-refractivity contribution in [1.29, 1.82) is 5.26 Å². The van der Waals surface area contributed by atoms with Gasteiger partial charge in [-0.15, -0.1) is 0 Å². The zero-order valence-corrected chi connectivity index (χ0v) is 11.2. The van der Waals surface area contributed by atoms with Crippen molar-refractivity contribution < 1.29 is 4.79 Å². The average molecular weight is 282 g/mol. The largest absolute Gasteiger partial charge is 0.399 e. The highest BCUT2D eigenvalue weighted by Crippen LogP contribution is 2.17. The van der Waals surface area contributed by atoms with Gasteiger partial charge >= 0.3 is 0 Å². The van der Waals surface area contributed by atoms with Crippen LogP contribution in [0.25, 0.3) is 0 Å². The first-order valence-corrected chi connectivity index (χ1v) is 6.19. The fourth-order valence-electron chi connectivity index (χ4n) is 1.88. The monoisotopic (exact) mass is 282 g/mol. The molecule has 0 saturated carbocycles. The molecule has 0 aliphatic carbocycles. The molecule has 0 atom stereocenters. The van der Waals surface area contributed by atoms with Gasteiger partial charge in [0.05, 0.1) is 6.54 Å². The molecule has 0 saturated heterocycles. The van der Waals surface area contributed by atoms with Gasteiger partial charge in [0.2, 0.25) is 5.91 Å². The Bertz CT molecular complexity index is 677. The molecule has 1 heterocycles. The number of nitrogen functional groups attached to an aromatic ring is 1. The molecule has 2 rings (SSSR count). The lowest BCUT2D eigenvalue weighted by Crippen LogP contribution is -2.34. The SMILES string of the molecule is N#Cc1nccnc1N(CC(N)=O)Cc1ccc(N)cc1. The van der Waals surface area contributed by atoms with Gasteiger partial charge in [0.15, 0.2) is 11.5 Å². The van der Waals surface area contributed by atoms with E-state index in [1.165, 1.54) is 12.4 Å². The zero-order chi connectivity index (χ0) is 15.2. The zero-order valence-electron chi connectivity index (χ0n) is 11.2. The van der Waals surface area contributed by atoms with Crippen LogP contribution in [0.3, 0.4) is 0 Å². The number of hydrogen-bond acceptors (Lipinski definition) is 6. The number of primary amides is 1. The van der Waals surface area contributed by atoms with Crippen molar-refractivity contribution in [2.45, 2.75) is 6.54 Å². The van der Waals surface area contributed by atoms with Crippen LogP contribution >= 0.6 is 0 Å². The first kappa shape index (κ1) is 14.3. The van der Waals surface area contributed by atoms with Crippen LogP contribution in [0.15, 0.2) is 36.7 Å². The maximum absolute atomic E-state index is 11.3. The van der Waals surface area contributed by atoms with Crippen molar-refractivity contribution in [2.75, 3.05) is 17.2 Å². The van der Waals surface area contributed by atoms with Crippen molar-refractivity contribution in [1.82, 2.24) is 9.97 Å². The van der Waals surface area contributed by atoms with Crippen molar-refractivity contribution in [2.24, 2.45) is 5.73 Å². The van der Waals surface area contributed by atoms with E-state index < -0.39 is 5.91 Å². The Kier molecular flexibility index (Phi) is 4.31. The highest BCUT2D eigenvalue weighted by Gasteiger charge is 2.16. The predicted octanol–water partition coefficient (Wildman–Crippen LogP) is 0.422. The van der Waals surface area contributed by atoms with Gasteiger partial charge in [-0.25, -0.2) is 9.97 Å². The van der Waals surface area contributed by atoms with Gasteiger partial charge in [0.1, 0.15) is 6.07 Å². The number of nitrogens with zero attached hydrogens (tertiary/aromatic N) is 4. The predicted molar refractivity (Wildman–Crippen MR) is 77.8 cm³/mol. The average Bonchev–Trinajstić information content (AvgIpc) is 2.48. The number of anilines is 2. The van der Waals surface area contributed by atoms with Gasteiger partial charge in [-0.3, -0.25) is 4.79 Å². The Labute approximate surface area is 121 Å². The van der Waals surface area contributed by atoms with E-state index in [-0.39, 0.29) is 12.2 Å². The van der Waals surface area contributed by atoms with E-state index in [1.807, 2.05) is 18.2 Å². The number of amides is 1. The normalized spacial score (nSPS) is 9.86. The second-order valence-corrected chi connectivity index (χ2v) is 4.40. The fraction of sp³-hybridized carbons (Fsp3) is 0.143. The number of aromatic nitrogens is 2. The van der Waals surface area contributed by atoms with Crippen LogP contribution in [-0.4, -0.2) is 22.4 Å². The summed E-state index contributed by atoms with van der Waals surface area (Å²) in [6.07, 6.45) is 2.89. The standard InChI is InChI=1S/C14H14N6O/c15-7-12-14(19-6-5-18-12)20(9-13(17)21)8-10-1-3-11(16)4-2-10/h1-6H,8-9,16H2,(H2,17,21). The van der Waals surface area contributed by atoms with E-state index in [9.17, 15) is 4.79 Å². The maximum atomic E-state index is 11.3. The summed E-state index contributed by atoms with van der Waals surface area (Å²) in [6.45, 7) is 0.314. The molecule has 7 nitrogen and oxygen atoms in total. The summed E-state index contributed by atoms with van der Waals surface area (Å²) < 4.78 is 0. The molecule has 1 amide bonds. The molecule has 0 spiro atoms. The number of benzene rings is 1. The molecular formula is C14H14N6O. The minimum absolute atomic E-state index is 0.0578. The molecule has 1 aromatic heterocycles. The van der Waals surface area contributed by atoms with Crippen LogP contribution in [0.2, 0.25) is 0 Å². The van der Waals surface area contributed by atoms with E-state index in [1.54, 1.807) is 17.0 Å². The molecule has 1 aromatic carbocycles. The lowest BCUT2D eigenvalue weighted by atomic mass is 10.2. The number of nitriles is 1. The Morgan fingerprint density at radius 1 is 1.24 bits per heavy atom. The highest BCUT2D eigenvalue weighted by molar-refractivity contribution is 5.79. The molecule has 0 aliphatic heterocycles. The molecule has 2 aromatic rings. The minimum atomic E-state index is -0.514. The van der Waals surface area contributed by atoms with E-state index in [4.69, 9.17) is 16.7 Å². The minimum Gasteiger partial charge on any atom is -0.399 e. The van der Waals surface area contributed by atoms with Gasteiger partial charge < -0.3 is 16.4 Å². The van der Waals surface area contributed by atoms with Crippen molar-refractivity contribution >= 4 is 17.4 Å². The molecular weight excluding hydrogens is 268 g/mol. The van der Waals surface area contributed by atoms with E-state index in [2.05, 4.69) is 9.97 Å². The van der Waals surface area contributed by atoms with Crippen molar-refractivity contribution in [3.63, 3.8) is 0 Å². The Hall–Kier alpha value is -3.14. The molecule has 0 fully saturated rings. The summed E-state index contributed by atoms with van der Waals surface area (Å²) in [5.74, 6) is -0.185. The first-order valence-electron chi connectivity index (χ1n) is 6.19. The quantitative estimate of drug-likeness (QED) is 0.766. The number of carbonyl (C=O) groups is 1. The summed E-state index contributed by atoms with van der Waals surface area (Å²) in [6, 6.07) is 9.16. The van der Waals surface area contributed by atoms with Crippen LogP contribution in [0, 0.1) is 11.3 Å². The smallest absolute Gasteiger partial charge is 0.237 e. The number of nitrogens with two attached hydrogens (primary N) is 2. The first-order chi connectivity index (χ1) is 10.1. The Morgan fingerprint density at radius 3 is 2.52 bits per heavy atom. The lowest BCUT2D eigenvalue weighted by Gasteiger charge is -2.22. The van der Waals surface area contributed by atoms with Crippen molar-refractivity contribution in [3.8, 4) is 6.07 Å². The van der Waals surface area contributed by atoms with Gasteiger partial charge in [0.25, 0.3) is 0 Å². The van der Waals surface area contributed by atoms with Crippen LogP contribution in [0.1, 0.15) is 11.3 Å². The van der Waals surface area contributed by atoms with Gasteiger partial charge in [-0.05, 0) is 17.7 Å². The lowest BCUT2D eigenvalue weighted by molar-refractivity contribution is -0.116. The van der Waals surface area contributed by atoms with Crippen molar-refractivity contribution in [3.05, 3.63) is 47.9 Å². The third-order valence-electron chi connectivity index (χ3n) is 2.78. The van der Waals surface area contributed by atoms with Crippen LogP contribution in [0.4, 0.5) is 11.5 Å². The molecule has 7 heteroatoms. The fourth-order valence-corrected chi connectivity index (χ4v) is 1.88. The van der Waals surface area contributed by atoms with E-state index in [0.29, 0.717) is 18.1 Å². The molecule has 0 unspecified atom stereocenters. The second-order valence-electron chi connectivity index (χ2n) is 4.40.